The molecule has 0 saturated carbocycles. The van der Waals surface area contributed by atoms with Gasteiger partial charge in [-0.25, -0.2) is 0 Å². The molecule has 20 heavy (non-hydrogen) atoms. The molecule has 1 aromatic heterocycles. The van der Waals surface area contributed by atoms with E-state index in [2.05, 4.69) is 15.6 Å². The highest BCUT2D eigenvalue weighted by molar-refractivity contribution is 5.94. The zero-order valence-corrected chi connectivity index (χ0v) is 11.4. The lowest BCUT2D eigenvalue weighted by molar-refractivity contribution is 0.0939. The first-order valence-corrected chi connectivity index (χ1v) is 6.78. The van der Waals surface area contributed by atoms with Crippen LogP contribution in [0, 0.1) is 0 Å². The zero-order valence-electron chi connectivity index (χ0n) is 11.4. The van der Waals surface area contributed by atoms with Gasteiger partial charge < -0.3 is 10.6 Å². The van der Waals surface area contributed by atoms with Gasteiger partial charge in [-0.1, -0.05) is 12.1 Å². The largest absolute Gasteiger partial charge is 0.344 e. The van der Waals surface area contributed by atoms with Crippen LogP contribution in [0.15, 0.2) is 42.6 Å². The van der Waals surface area contributed by atoms with Crippen molar-refractivity contribution in [1.82, 2.24) is 15.6 Å². The number of amides is 1. The third kappa shape index (κ3) is 2.56. The Morgan fingerprint density at radius 1 is 1.25 bits per heavy atom. The quantitative estimate of drug-likeness (QED) is 0.896. The van der Waals surface area contributed by atoms with E-state index >= 15 is 0 Å². The summed E-state index contributed by atoms with van der Waals surface area (Å²) in [6, 6.07) is 11.5. The fraction of sp³-hybridized carbons (Fsp3) is 0.250. The maximum atomic E-state index is 12.3. The maximum Gasteiger partial charge on any atom is 0.251 e. The molecule has 0 spiro atoms. The Labute approximate surface area is 118 Å². The maximum absolute atomic E-state index is 12.3. The summed E-state index contributed by atoms with van der Waals surface area (Å²) in [6.07, 6.45) is 1.74. The third-order valence-corrected chi connectivity index (χ3v) is 3.58. The van der Waals surface area contributed by atoms with E-state index < -0.39 is 0 Å². The number of benzene rings is 1. The molecule has 2 heterocycles. The van der Waals surface area contributed by atoms with Crippen molar-refractivity contribution in [3.8, 4) is 0 Å². The monoisotopic (exact) mass is 267 g/mol. The van der Waals surface area contributed by atoms with E-state index in [4.69, 9.17) is 0 Å². The molecule has 0 bridgehead atoms. The first-order valence-electron chi connectivity index (χ1n) is 6.78. The summed E-state index contributed by atoms with van der Waals surface area (Å²) in [6.45, 7) is 3.67. The van der Waals surface area contributed by atoms with E-state index in [-0.39, 0.29) is 11.9 Å². The molecule has 2 aromatic rings. The molecular weight excluding hydrogens is 250 g/mol. The van der Waals surface area contributed by atoms with Crippen LogP contribution in [-0.2, 0) is 13.1 Å². The Kier molecular flexibility index (Phi) is 3.48. The highest BCUT2D eigenvalue weighted by atomic mass is 16.1. The second-order valence-electron chi connectivity index (χ2n) is 5.04. The topological polar surface area (TPSA) is 54.0 Å². The number of carbonyl (C=O) groups excluding carboxylic acids is 1. The molecule has 1 aromatic carbocycles. The minimum Gasteiger partial charge on any atom is -0.344 e. The van der Waals surface area contributed by atoms with Crippen LogP contribution in [0.3, 0.4) is 0 Å². The first kappa shape index (κ1) is 12.8. The van der Waals surface area contributed by atoms with E-state index in [1.807, 2.05) is 43.3 Å². The van der Waals surface area contributed by atoms with Crippen LogP contribution in [0.4, 0.5) is 0 Å². The minimum atomic E-state index is -0.102. The van der Waals surface area contributed by atoms with Gasteiger partial charge in [-0.05, 0) is 42.3 Å². The van der Waals surface area contributed by atoms with Crippen molar-refractivity contribution in [2.24, 2.45) is 0 Å². The SMILES string of the molecule is C[C@@H](NC(=O)c1ccc2c(c1)CNC2)c1ccccn1. The predicted molar refractivity (Wildman–Crippen MR) is 77.1 cm³/mol. The zero-order chi connectivity index (χ0) is 13.9. The van der Waals surface area contributed by atoms with Crippen LogP contribution in [0.25, 0.3) is 0 Å². The van der Waals surface area contributed by atoms with Crippen molar-refractivity contribution in [2.75, 3.05) is 0 Å². The Morgan fingerprint density at radius 2 is 2.10 bits per heavy atom. The van der Waals surface area contributed by atoms with Crippen LogP contribution >= 0.6 is 0 Å². The summed E-state index contributed by atoms with van der Waals surface area (Å²) >= 11 is 0. The van der Waals surface area contributed by atoms with E-state index in [1.165, 1.54) is 11.1 Å². The molecule has 4 heteroatoms. The fourth-order valence-electron chi connectivity index (χ4n) is 2.42. The lowest BCUT2D eigenvalue weighted by Gasteiger charge is -2.13. The normalized spacial score (nSPS) is 14.7. The number of hydrogen-bond acceptors (Lipinski definition) is 3. The van der Waals surface area contributed by atoms with Crippen molar-refractivity contribution in [3.05, 3.63) is 65.0 Å². The van der Waals surface area contributed by atoms with Gasteiger partial charge in [0.1, 0.15) is 0 Å². The van der Waals surface area contributed by atoms with Gasteiger partial charge in [0.15, 0.2) is 0 Å². The van der Waals surface area contributed by atoms with Crippen LogP contribution in [-0.4, -0.2) is 10.9 Å². The Morgan fingerprint density at radius 3 is 2.90 bits per heavy atom. The number of rotatable bonds is 3. The van der Waals surface area contributed by atoms with E-state index in [0.29, 0.717) is 5.56 Å². The molecule has 1 atom stereocenters. The van der Waals surface area contributed by atoms with Gasteiger partial charge in [0.25, 0.3) is 5.91 Å². The fourth-order valence-corrected chi connectivity index (χ4v) is 2.42. The van der Waals surface area contributed by atoms with Gasteiger partial charge in [0, 0.05) is 24.8 Å². The summed E-state index contributed by atoms with van der Waals surface area (Å²) < 4.78 is 0. The van der Waals surface area contributed by atoms with Crippen molar-refractivity contribution >= 4 is 5.91 Å². The van der Waals surface area contributed by atoms with Gasteiger partial charge in [-0.2, -0.15) is 0 Å². The first-order chi connectivity index (χ1) is 9.74. The molecule has 1 aliphatic rings. The molecule has 1 aliphatic heterocycles. The van der Waals surface area contributed by atoms with Gasteiger partial charge >= 0.3 is 0 Å². The number of fused-ring (bicyclic) bond motifs is 1. The van der Waals surface area contributed by atoms with Crippen LogP contribution in [0.1, 0.15) is 40.1 Å². The summed E-state index contributed by atoms with van der Waals surface area (Å²) in [7, 11) is 0. The number of hydrogen-bond donors (Lipinski definition) is 2. The summed E-state index contributed by atoms with van der Waals surface area (Å²) in [4.78, 5) is 16.5. The molecule has 1 amide bonds. The molecule has 0 saturated heterocycles. The minimum absolute atomic E-state index is 0.0575. The lowest BCUT2D eigenvalue weighted by atomic mass is 10.1. The number of nitrogens with one attached hydrogen (secondary N) is 2. The van der Waals surface area contributed by atoms with Crippen molar-refractivity contribution in [1.29, 1.82) is 0 Å². The number of aromatic nitrogens is 1. The van der Waals surface area contributed by atoms with E-state index in [9.17, 15) is 4.79 Å². The van der Waals surface area contributed by atoms with Crippen LogP contribution in [0.5, 0.6) is 0 Å². The molecule has 3 rings (SSSR count). The van der Waals surface area contributed by atoms with Gasteiger partial charge in [0.05, 0.1) is 11.7 Å². The number of pyridine rings is 1. The smallest absolute Gasteiger partial charge is 0.251 e. The summed E-state index contributed by atoms with van der Waals surface area (Å²) in [5.74, 6) is -0.0575. The van der Waals surface area contributed by atoms with Gasteiger partial charge in [-0.3, -0.25) is 9.78 Å². The average molecular weight is 267 g/mol. The highest BCUT2D eigenvalue weighted by Crippen LogP contribution is 2.18. The molecule has 0 radical (unpaired) electrons. The molecule has 102 valence electrons. The van der Waals surface area contributed by atoms with Gasteiger partial charge in [0.2, 0.25) is 0 Å². The summed E-state index contributed by atoms with van der Waals surface area (Å²) in [5.41, 5.74) is 4.06. The van der Waals surface area contributed by atoms with Crippen molar-refractivity contribution in [3.63, 3.8) is 0 Å². The molecule has 0 unspecified atom stereocenters. The van der Waals surface area contributed by atoms with E-state index in [0.717, 1.165) is 18.8 Å². The van der Waals surface area contributed by atoms with Crippen molar-refractivity contribution < 1.29 is 4.79 Å². The average Bonchev–Trinajstić information content (AvgIpc) is 2.95. The second-order valence-corrected chi connectivity index (χ2v) is 5.04. The molecule has 0 aliphatic carbocycles. The number of carbonyl (C=O) groups is 1. The van der Waals surface area contributed by atoms with Crippen LogP contribution < -0.4 is 10.6 Å². The predicted octanol–water partition coefficient (Wildman–Crippen LogP) is 2.18. The molecule has 4 nitrogen and oxygen atoms in total. The molecule has 0 fully saturated rings. The van der Waals surface area contributed by atoms with Gasteiger partial charge in [-0.15, -0.1) is 0 Å². The standard InChI is InChI=1S/C16H17N3O/c1-11(15-4-2-3-7-18-15)19-16(20)12-5-6-13-9-17-10-14(13)8-12/h2-8,11,17H,9-10H2,1H3,(H,19,20)/t11-/m1/s1. The van der Waals surface area contributed by atoms with Crippen LogP contribution in [0.2, 0.25) is 0 Å². The second kappa shape index (κ2) is 5.43. The third-order valence-electron chi connectivity index (χ3n) is 3.58. The Hall–Kier alpha value is -2.20. The lowest BCUT2D eigenvalue weighted by Crippen LogP contribution is -2.27. The molecule has 2 N–H and O–H groups in total. The molecular formula is C16H17N3O. The number of nitrogens with zero attached hydrogens (tertiary/aromatic N) is 1. The summed E-state index contributed by atoms with van der Waals surface area (Å²) in [5, 5.41) is 6.26. The Bertz CT molecular complexity index is 625. The van der Waals surface area contributed by atoms with Crippen molar-refractivity contribution in [2.45, 2.75) is 26.1 Å². The van der Waals surface area contributed by atoms with E-state index in [1.54, 1.807) is 6.20 Å². The highest BCUT2D eigenvalue weighted by Gasteiger charge is 2.15. The Balaban J connectivity index is 1.73.